The van der Waals surface area contributed by atoms with Crippen molar-refractivity contribution in [1.82, 2.24) is 0 Å². The van der Waals surface area contributed by atoms with Gasteiger partial charge in [0.1, 0.15) is 17.3 Å². The Hall–Kier alpha value is -2.23. The Morgan fingerprint density at radius 3 is 2.25 bits per heavy atom. The van der Waals surface area contributed by atoms with E-state index in [4.69, 9.17) is 9.47 Å². The van der Waals surface area contributed by atoms with E-state index < -0.39 is 0 Å². The summed E-state index contributed by atoms with van der Waals surface area (Å²) in [6, 6.07) is 10.3. The molecule has 0 bridgehead atoms. The molecule has 3 nitrogen and oxygen atoms in total. The fraction of sp³-hybridized carbons (Fsp3) is 0.250. The van der Waals surface area contributed by atoms with Crippen molar-refractivity contribution < 1.29 is 13.9 Å². The Kier molecular flexibility index (Phi) is 4.45. The zero-order chi connectivity index (χ0) is 14.5. The number of nitrogens with one attached hydrogen (secondary N) is 1. The van der Waals surface area contributed by atoms with E-state index in [0.29, 0.717) is 18.0 Å². The molecular weight excluding hydrogens is 257 g/mol. The lowest BCUT2D eigenvalue weighted by molar-refractivity contribution is 0.394. The highest BCUT2D eigenvalue weighted by Crippen LogP contribution is 2.26. The van der Waals surface area contributed by atoms with Crippen LogP contribution in [-0.2, 0) is 6.54 Å². The molecule has 4 heteroatoms. The first kappa shape index (κ1) is 14.2. The number of aryl methyl sites for hydroxylation is 1. The standard InChI is InChI=1S/C16H18FNO2/c1-11-4-5-13(17)6-12(11)10-18-14-7-15(19-2)9-16(8-14)20-3/h4-9,18H,10H2,1-3H3. The SMILES string of the molecule is COc1cc(NCc2cc(F)ccc2C)cc(OC)c1. The molecule has 0 saturated carbocycles. The Bertz CT molecular complexity index is 577. The number of benzene rings is 2. The van der Waals surface area contributed by atoms with Gasteiger partial charge < -0.3 is 14.8 Å². The molecule has 0 radical (unpaired) electrons. The van der Waals surface area contributed by atoms with Crippen LogP contribution in [0.5, 0.6) is 11.5 Å². The minimum atomic E-state index is -0.226. The molecule has 0 aliphatic heterocycles. The quantitative estimate of drug-likeness (QED) is 0.901. The summed E-state index contributed by atoms with van der Waals surface area (Å²) in [5.41, 5.74) is 2.84. The van der Waals surface area contributed by atoms with Crippen LogP contribution in [-0.4, -0.2) is 14.2 Å². The summed E-state index contributed by atoms with van der Waals surface area (Å²) >= 11 is 0. The third-order valence-electron chi connectivity index (χ3n) is 3.15. The number of rotatable bonds is 5. The Balaban J connectivity index is 2.16. The molecule has 0 unspecified atom stereocenters. The van der Waals surface area contributed by atoms with Gasteiger partial charge >= 0.3 is 0 Å². The van der Waals surface area contributed by atoms with Crippen LogP contribution in [0.25, 0.3) is 0 Å². The summed E-state index contributed by atoms with van der Waals surface area (Å²) < 4.78 is 23.7. The minimum absolute atomic E-state index is 0.226. The van der Waals surface area contributed by atoms with Gasteiger partial charge in [-0.15, -0.1) is 0 Å². The Labute approximate surface area is 118 Å². The second kappa shape index (κ2) is 6.28. The Morgan fingerprint density at radius 2 is 1.65 bits per heavy atom. The van der Waals surface area contributed by atoms with Gasteiger partial charge in [0.2, 0.25) is 0 Å². The van der Waals surface area contributed by atoms with Crippen LogP contribution in [0.4, 0.5) is 10.1 Å². The number of ether oxygens (including phenoxy) is 2. The van der Waals surface area contributed by atoms with Crippen LogP contribution in [0.1, 0.15) is 11.1 Å². The molecule has 2 aromatic carbocycles. The van der Waals surface area contributed by atoms with Crippen LogP contribution < -0.4 is 14.8 Å². The number of hydrogen-bond acceptors (Lipinski definition) is 3. The lowest BCUT2D eigenvalue weighted by Gasteiger charge is -2.12. The topological polar surface area (TPSA) is 30.5 Å². The summed E-state index contributed by atoms with van der Waals surface area (Å²) in [5.74, 6) is 1.20. The first-order valence-electron chi connectivity index (χ1n) is 6.34. The van der Waals surface area contributed by atoms with Crippen LogP contribution in [0.3, 0.4) is 0 Å². The van der Waals surface area contributed by atoms with Crippen LogP contribution in [0.2, 0.25) is 0 Å². The largest absolute Gasteiger partial charge is 0.497 e. The molecule has 0 amide bonds. The highest BCUT2D eigenvalue weighted by atomic mass is 19.1. The molecule has 0 heterocycles. The molecule has 20 heavy (non-hydrogen) atoms. The fourth-order valence-corrected chi connectivity index (χ4v) is 1.94. The molecule has 1 N–H and O–H groups in total. The van der Waals surface area contributed by atoms with Crippen molar-refractivity contribution in [3.63, 3.8) is 0 Å². The lowest BCUT2D eigenvalue weighted by Crippen LogP contribution is -2.02. The maximum Gasteiger partial charge on any atom is 0.124 e. The molecule has 106 valence electrons. The van der Waals surface area contributed by atoms with Gasteiger partial charge in [-0.2, -0.15) is 0 Å². The van der Waals surface area contributed by atoms with E-state index in [-0.39, 0.29) is 5.82 Å². The van der Waals surface area contributed by atoms with Crippen molar-refractivity contribution in [2.45, 2.75) is 13.5 Å². The summed E-state index contributed by atoms with van der Waals surface area (Å²) in [4.78, 5) is 0. The van der Waals surface area contributed by atoms with Gasteiger partial charge in [-0.1, -0.05) is 6.07 Å². The number of methoxy groups -OCH3 is 2. The van der Waals surface area contributed by atoms with E-state index in [1.54, 1.807) is 32.4 Å². The summed E-state index contributed by atoms with van der Waals surface area (Å²) in [6.07, 6.45) is 0. The molecule has 0 aliphatic carbocycles. The minimum Gasteiger partial charge on any atom is -0.497 e. The highest BCUT2D eigenvalue weighted by Gasteiger charge is 2.04. The van der Waals surface area contributed by atoms with Gasteiger partial charge in [0.05, 0.1) is 14.2 Å². The maximum absolute atomic E-state index is 13.2. The molecule has 0 aromatic heterocycles. The first-order chi connectivity index (χ1) is 9.62. The predicted molar refractivity (Wildman–Crippen MR) is 78.0 cm³/mol. The third kappa shape index (κ3) is 3.41. The predicted octanol–water partition coefficient (Wildman–Crippen LogP) is 3.76. The average molecular weight is 275 g/mol. The maximum atomic E-state index is 13.2. The van der Waals surface area contributed by atoms with Crippen molar-refractivity contribution in [2.75, 3.05) is 19.5 Å². The van der Waals surface area contributed by atoms with Gasteiger partial charge in [-0.05, 0) is 30.2 Å². The summed E-state index contributed by atoms with van der Waals surface area (Å²) in [5, 5.41) is 3.25. The molecule has 0 aliphatic rings. The van der Waals surface area contributed by atoms with E-state index in [9.17, 15) is 4.39 Å². The second-order valence-electron chi connectivity index (χ2n) is 4.53. The van der Waals surface area contributed by atoms with Crippen molar-refractivity contribution in [3.8, 4) is 11.5 Å². The van der Waals surface area contributed by atoms with Crippen molar-refractivity contribution in [3.05, 3.63) is 53.3 Å². The Morgan fingerprint density at radius 1 is 1.00 bits per heavy atom. The molecule has 0 atom stereocenters. The van der Waals surface area contributed by atoms with Crippen molar-refractivity contribution >= 4 is 5.69 Å². The van der Waals surface area contributed by atoms with Gasteiger partial charge in [0, 0.05) is 30.4 Å². The smallest absolute Gasteiger partial charge is 0.124 e. The van der Waals surface area contributed by atoms with Gasteiger partial charge in [-0.3, -0.25) is 0 Å². The molecule has 0 saturated heterocycles. The van der Waals surface area contributed by atoms with Gasteiger partial charge in [0.25, 0.3) is 0 Å². The van der Waals surface area contributed by atoms with Crippen LogP contribution in [0, 0.1) is 12.7 Å². The van der Waals surface area contributed by atoms with Crippen LogP contribution in [0.15, 0.2) is 36.4 Å². The third-order valence-corrected chi connectivity index (χ3v) is 3.15. The zero-order valence-electron chi connectivity index (χ0n) is 11.9. The summed E-state index contributed by atoms with van der Waals surface area (Å²) in [6.45, 7) is 2.50. The van der Waals surface area contributed by atoms with Crippen molar-refractivity contribution in [1.29, 1.82) is 0 Å². The van der Waals surface area contributed by atoms with E-state index in [2.05, 4.69) is 5.32 Å². The normalized spacial score (nSPS) is 10.2. The lowest BCUT2D eigenvalue weighted by atomic mass is 10.1. The summed E-state index contributed by atoms with van der Waals surface area (Å²) in [7, 11) is 3.21. The van der Waals surface area contributed by atoms with Crippen molar-refractivity contribution in [2.24, 2.45) is 0 Å². The number of anilines is 1. The number of halogens is 1. The number of hydrogen-bond donors (Lipinski definition) is 1. The average Bonchev–Trinajstić information content (AvgIpc) is 2.47. The molecular formula is C16H18FNO2. The van der Waals surface area contributed by atoms with E-state index in [1.165, 1.54) is 6.07 Å². The van der Waals surface area contributed by atoms with E-state index >= 15 is 0 Å². The first-order valence-corrected chi connectivity index (χ1v) is 6.34. The molecule has 0 fully saturated rings. The molecule has 0 spiro atoms. The molecule has 2 rings (SSSR count). The highest BCUT2D eigenvalue weighted by molar-refractivity contribution is 5.54. The van der Waals surface area contributed by atoms with Gasteiger partial charge in [0.15, 0.2) is 0 Å². The van der Waals surface area contributed by atoms with E-state index in [1.807, 2.05) is 19.1 Å². The van der Waals surface area contributed by atoms with Gasteiger partial charge in [-0.25, -0.2) is 4.39 Å². The van der Waals surface area contributed by atoms with Crippen LogP contribution >= 0.6 is 0 Å². The monoisotopic (exact) mass is 275 g/mol. The second-order valence-corrected chi connectivity index (χ2v) is 4.53. The van der Waals surface area contributed by atoms with E-state index in [0.717, 1.165) is 16.8 Å². The zero-order valence-corrected chi connectivity index (χ0v) is 11.9. The fourth-order valence-electron chi connectivity index (χ4n) is 1.94. The molecule has 2 aromatic rings.